The van der Waals surface area contributed by atoms with Gasteiger partial charge < -0.3 is 14.7 Å². The predicted octanol–water partition coefficient (Wildman–Crippen LogP) is 5.74. The van der Waals surface area contributed by atoms with Gasteiger partial charge in [0.25, 0.3) is 0 Å². The van der Waals surface area contributed by atoms with Crippen LogP contribution in [0.3, 0.4) is 0 Å². The average Bonchev–Trinajstić information content (AvgIpc) is 3.33. The number of anilines is 1. The summed E-state index contributed by atoms with van der Waals surface area (Å²) < 4.78 is 46.0. The highest BCUT2D eigenvalue weighted by Gasteiger charge is 2.49. The molecule has 1 saturated carbocycles. The highest BCUT2D eigenvalue weighted by molar-refractivity contribution is 5.95. The minimum Gasteiger partial charge on any atom is -0.481 e. The maximum atomic E-state index is 13.5. The van der Waals surface area contributed by atoms with E-state index in [0.717, 1.165) is 30.4 Å². The fourth-order valence-electron chi connectivity index (χ4n) is 6.37. The number of likely N-dealkylation sites (tertiary alicyclic amines) is 1. The number of carbonyl (C=O) groups is 2. The van der Waals surface area contributed by atoms with Crippen molar-refractivity contribution >= 4 is 23.5 Å². The largest absolute Gasteiger partial charge is 0.481 e. The number of halogens is 3. The number of benzene rings is 2. The molecule has 1 amide bonds. The van der Waals surface area contributed by atoms with E-state index < -0.39 is 36.2 Å². The number of hydrazone groups is 1. The van der Waals surface area contributed by atoms with Crippen LogP contribution in [0.2, 0.25) is 0 Å². The molecule has 2 bridgehead atoms. The zero-order valence-corrected chi connectivity index (χ0v) is 21.7. The summed E-state index contributed by atoms with van der Waals surface area (Å²) in [6.45, 7) is 2.93. The van der Waals surface area contributed by atoms with Crippen LogP contribution in [0.5, 0.6) is 0 Å². The van der Waals surface area contributed by atoms with Gasteiger partial charge in [0.1, 0.15) is 12.3 Å². The predicted molar refractivity (Wildman–Crippen MR) is 139 cm³/mol. The molecule has 2 fully saturated rings. The van der Waals surface area contributed by atoms with Crippen LogP contribution in [-0.2, 0) is 22.6 Å². The zero-order chi connectivity index (χ0) is 27.7. The van der Waals surface area contributed by atoms with Gasteiger partial charge in [0.05, 0.1) is 18.2 Å². The molecule has 5 rings (SSSR count). The van der Waals surface area contributed by atoms with Crippen molar-refractivity contribution in [3.05, 3.63) is 65.7 Å². The molecule has 3 aliphatic rings. The lowest BCUT2D eigenvalue weighted by Crippen LogP contribution is -2.45. The summed E-state index contributed by atoms with van der Waals surface area (Å²) in [7, 11) is 0. The Balaban J connectivity index is 1.22. The summed E-state index contributed by atoms with van der Waals surface area (Å²) >= 11 is 0. The third-order valence-corrected chi connectivity index (χ3v) is 8.38. The van der Waals surface area contributed by atoms with Gasteiger partial charge in [-0.05, 0) is 60.3 Å². The number of aliphatic carboxylic acids is 1. The first-order valence-electron chi connectivity index (χ1n) is 13.3. The molecule has 7 nitrogen and oxygen atoms in total. The van der Waals surface area contributed by atoms with Crippen LogP contribution in [0.25, 0.3) is 0 Å². The van der Waals surface area contributed by atoms with Crippen LogP contribution >= 0.6 is 0 Å². The molecule has 2 aliphatic heterocycles. The number of carboxylic acids is 1. The van der Waals surface area contributed by atoms with Gasteiger partial charge in [-0.3, -0.25) is 9.80 Å². The number of piperidine rings is 1. The van der Waals surface area contributed by atoms with Crippen LogP contribution in [0.4, 0.5) is 23.7 Å². The summed E-state index contributed by atoms with van der Waals surface area (Å²) in [5, 5.41) is 14.3. The Bertz CT molecular complexity index is 1200. The van der Waals surface area contributed by atoms with Gasteiger partial charge in [-0.15, -0.1) is 0 Å². The lowest BCUT2D eigenvalue weighted by atomic mass is 9.81. The van der Waals surface area contributed by atoms with Crippen LogP contribution in [0.1, 0.15) is 37.3 Å². The highest BCUT2D eigenvalue weighted by Crippen LogP contribution is 2.44. The van der Waals surface area contributed by atoms with E-state index in [1.165, 1.54) is 11.9 Å². The second-order valence-electron chi connectivity index (χ2n) is 10.9. The van der Waals surface area contributed by atoms with Crippen LogP contribution in [0, 0.1) is 23.7 Å². The van der Waals surface area contributed by atoms with Gasteiger partial charge in [0.15, 0.2) is 0 Å². The quantitative estimate of drug-likeness (QED) is 0.482. The molecule has 2 heterocycles. The zero-order valence-electron chi connectivity index (χ0n) is 21.7. The van der Waals surface area contributed by atoms with Crippen molar-refractivity contribution in [2.24, 2.45) is 28.8 Å². The number of fused-ring (bicyclic) bond motifs is 2. The number of hydrogen-bond acceptors (Lipinski definition) is 5. The number of alkyl halides is 3. The summed E-state index contributed by atoms with van der Waals surface area (Å²) in [6.07, 6.45) is -2.43. The number of nitrogens with zero attached hydrogens (tertiary/aromatic N) is 3. The van der Waals surface area contributed by atoms with Gasteiger partial charge in [-0.2, -0.15) is 18.3 Å². The van der Waals surface area contributed by atoms with Crippen LogP contribution < -0.4 is 5.01 Å². The van der Waals surface area contributed by atoms with Crippen molar-refractivity contribution in [2.45, 2.75) is 51.4 Å². The molecule has 1 saturated heterocycles. The van der Waals surface area contributed by atoms with Crippen LogP contribution in [0.15, 0.2) is 59.7 Å². The monoisotopic (exact) mass is 543 g/mol. The lowest BCUT2D eigenvalue weighted by molar-refractivity contribution is -0.137. The minimum absolute atomic E-state index is 0.249. The van der Waals surface area contributed by atoms with Crippen molar-refractivity contribution in [3.8, 4) is 0 Å². The first kappa shape index (κ1) is 27.0. The molecule has 208 valence electrons. The molecule has 4 atom stereocenters. The molecule has 0 spiro atoms. The minimum atomic E-state index is -4.62. The molecule has 0 aromatic heterocycles. The third kappa shape index (κ3) is 5.89. The van der Waals surface area contributed by atoms with Gasteiger partial charge in [0, 0.05) is 19.0 Å². The number of rotatable bonds is 7. The van der Waals surface area contributed by atoms with Crippen LogP contribution in [-0.4, -0.2) is 53.1 Å². The smallest absolute Gasteiger partial charge is 0.431 e. The van der Waals surface area contributed by atoms with E-state index >= 15 is 0 Å². The first-order chi connectivity index (χ1) is 18.6. The van der Waals surface area contributed by atoms with E-state index in [0.29, 0.717) is 36.5 Å². The molecule has 1 aliphatic carbocycles. The Labute approximate surface area is 225 Å². The number of amides is 1. The fourth-order valence-corrected chi connectivity index (χ4v) is 6.37. The highest BCUT2D eigenvalue weighted by atomic mass is 19.4. The van der Waals surface area contributed by atoms with Gasteiger partial charge in [-0.25, -0.2) is 4.79 Å². The SMILES string of the molecule is C[C@@H]1C(C(F)(F)F)=NN(c2ccc(CC3C4CCC3CN(C(=O)OCc3ccccc3)C4)cc2)[C@H]1CC(=O)O. The Morgan fingerprint density at radius 3 is 2.23 bits per heavy atom. The molecule has 2 aromatic rings. The van der Waals surface area contributed by atoms with Gasteiger partial charge >= 0.3 is 18.2 Å². The Morgan fingerprint density at radius 1 is 1.00 bits per heavy atom. The molecule has 0 radical (unpaired) electrons. The van der Waals surface area contributed by atoms with Crippen molar-refractivity contribution in [1.82, 2.24) is 4.90 Å². The van der Waals surface area contributed by atoms with E-state index in [2.05, 4.69) is 5.10 Å². The normalized spacial score (nSPS) is 26.5. The molecule has 39 heavy (non-hydrogen) atoms. The van der Waals surface area contributed by atoms with E-state index in [1.54, 1.807) is 12.1 Å². The van der Waals surface area contributed by atoms with E-state index in [4.69, 9.17) is 4.74 Å². The molecule has 10 heteroatoms. The van der Waals surface area contributed by atoms with E-state index in [1.807, 2.05) is 47.4 Å². The molecule has 2 aromatic carbocycles. The number of hydrogen-bond donors (Lipinski definition) is 1. The van der Waals surface area contributed by atoms with Crippen molar-refractivity contribution in [1.29, 1.82) is 0 Å². The molecule has 2 unspecified atom stereocenters. The van der Waals surface area contributed by atoms with Crippen molar-refractivity contribution in [3.63, 3.8) is 0 Å². The Morgan fingerprint density at radius 2 is 1.64 bits per heavy atom. The molecular formula is C29H32F3N3O4. The summed E-state index contributed by atoms with van der Waals surface area (Å²) in [6, 6.07) is 15.9. The topological polar surface area (TPSA) is 82.4 Å². The van der Waals surface area contributed by atoms with Crippen molar-refractivity contribution in [2.75, 3.05) is 18.1 Å². The maximum Gasteiger partial charge on any atom is 0.431 e. The number of carboxylic acid groups (broad SMARTS) is 1. The number of ether oxygens (including phenoxy) is 1. The second kappa shape index (κ2) is 10.9. The first-order valence-corrected chi connectivity index (χ1v) is 13.3. The second-order valence-corrected chi connectivity index (χ2v) is 10.9. The lowest BCUT2D eigenvalue weighted by Gasteiger charge is -2.37. The van der Waals surface area contributed by atoms with Gasteiger partial charge in [0.2, 0.25) is 0 Å². The molecule has 1 N–H and O–H groups in total. The summed E-state index contributed by atoms with van der Waals surface area (Å²) in [5.74, 6) is -1.08. The Hall–Kier alpha value is -3.56. The average molecular weight is 544 g/mol. The van der Waals surface area contributed by atoms with E-state index in [9.17, 15) is 27.9 Å². The Kier molecular flexibility index (Phi) is 7.55. The van der Waals surface area contributed by atoms with Gasteiger partial charge in [-0.1, -0.05) is 49.4 Å². The van der Waals surface area contributed by atoms with Crippen molar-refractivity contribution < 1.29 is 32.6 Å². The standard InChI is InChI=1S/C29H32F3N3O4/c1-18-25(14-26(36)37)35(33-27(18)29(30,31)32)23-11-7-19(8-12-23)13-24-21-9-10-22(24)16-34(15-21)28(38)39-17-20-5-3-2-4-6-20/h2-8,11-12,18,21-22,24-25H,9-10,13-17H2,1H3,(H,36,37)/t18-,21?,22?,24?,25-/m0/s1. The maximum absolute atomic E-state index is 13.5. The summed E-state index contributed by atoms with van der Waals surface area (Å²) in [4.78, 5) is 25.9. The van der Waals surface area contributed by atoms with E-state index in [-0.39, 0.29) is 12.7 Å². The summed E-state index contributed by atoms with van der Waals surface area (Å²) in [5.41, 5.74) is 1.49. The third-order valence-electron chi connectivity index (χ3n) is 8.38. The molecular weight excluding hydrogens is 511 g/mol. The fraction of sp³-hybridized carbons (Fsp3) is 0.483. The number of carbonyl (C=O) groups excluding carboxylic acids is 1.